The van der Waals surface area contributed by atoms with Gasteiger partial charge >= 0.3 is 12.1 Å². The molecular formula is C44H51N11O5. The summed E-state index contributed by atoms with van der Waals surface area (Å²) in [6.07, 6.45) is 9.56. The number of fused-ring (bicyclic) bond motifs is 6. The molecule has 5 N–H and O–H groups in total. The zero-order chi connectivity index (χ0) is 42.2. The fourth-order valence-corrected chi connectivity index (χ4v) is 8.74. The van der Waals surface area contributed by atoms with Gasteiger partial charge in [-0.1, -0.05) is 52.0 Å². The number of H-pyrrole nitrogens is 2. The molecule has 16 heteroatoms. The quantitative estimate of drug-likeness (QED) is 0.0973. The van der Waals surface area contributed by atoms with Crippen LogP contribution in [-0.4, -0.2) is 103 Å². The molecule has 4 unspecified atom stereocenters. The van der Waals surface area contributed by atoms with E-state index in [0.29, 0.717) is 24.7 Å². The van der Waals surface area contributed by atoms with E-state index in [1.165, 1.54) is 14.2 Å². The lowest BCUT2D eigenvalue weighted by Gasteiger charge is -2.30. The molecule has 6 aromatic rings. The van der Waals surface area contributed by atoms with Crippen LogP contribution in [0.5, 0.6) is 0 Å². The van der Waals surface area contributed by atoms with Crippen molar-refractivity contribution < 1.29 is 23.9 Å². The molecule has 0 aliphatic carbocycles. The summed E-state index contributed by atoms with van der Waals surface area (Å²) in [5.41, 5.74) is 5.00. The number of imidazole rings is 2. The number of alkyl carbamates (subject to hydrolysis) is 1. The molecule has 0 bridgehead atoms. The fraction of sp³-hybridized carbons (Fsp3) is 0.409. The van der Waals surface area contributed by atoms with Crippen LogP contribution in [0.15, 0.2) is 61.2 Å². The maximum atomic E-state index is 13.7. The number of hydrogen-bond acceptors (Lipinski definition) is 9. The van der Waals surface area contributed by atoms with Crippen LogP contribution in [0.1, 0.15) is 77.1 Å². The highest BCUT2D eigenvalue weighted by Gasteiger charge is 2.39. The van der Waals surface area contributed by atoms with Crippen molar-refractivity contribution in [2.45, 2.75) is 77.5 Å². The standard InChI is InChI=1S/C44H51N11O5/c1-23(2)35(52-43(58)45-5)41(56)54-17-7-9-33(54)39-48-21-31(50-39)25-11-13-27-28-14-12-26(20-30(28)38-37(29(27)19-25)46-15-16-47-38)32-22-49-40(51-32)34-10-8-18-55(34)42(57)36(24(3)4)53-44(59)60-6/h11-16,19-24,33-36H,7-10,17-18H2,1-6H3,(H,48,50)(H,49,51)(H,53,59)(H2,45,52,58). The Balaban J connectivity index is 1.08. The minimum atomic E-state index is -0.714. The van der Waals surface area contributed by atoms with E-state index in [0.717, 1.165) is 80.8 Å². The van der Waals surface area contributed by atoms with Crippen LogP contribution >= 0.6 is 0 Å². The largest absolute Gasteiger partial charge is 0.453 e. The Morgan fingerprint density at radius 1 is 0.683 bits per heavy atom. The van der Waals surface area contributed by atoms with Gasteiger partial charge in [-0.15, -0.1) is 0 Å². The number of nitrogens with one attached hydrogen (secondary N) is 5. The van der Waals surface area contributed by atoms with Crippen molar-refractivity contribution in [2.75, 3.05) is 27.2 Å². The van der Waals surface area contributed by atoms with E-state index < -0.39 is 18.2 Å². The second-order valence-electron chi connectivity index (χ2n) is 16.3. The average molecular weight is 814 g/mol. The molecule has 0 saturated carbocycles. The lowest BCUT2D eigenvalue weighted by atomic mass is 9.95. The van der Waals surface area contributed by atoms with E-state index >= 15 is 0 Å². The monoisotopic (exact) mass is 813 g/mol. The van der Waals surface area contributed by atoms with Crippen molar-refractivity contribution in [3.8, 4) is 22.5 Å². The summed E-state index contributed by atoms with van der Waals surface area (Å²) in [7, 11) is 2.82. The number of hydrogen-bond donors (Lipinski definition) is 5. The maximum Gasteiger partial charge on any atom is 0.407 e. The van der Waals surface area contributed by atoms with Gasteiger partial charge in [0.05, 0.1) is 54.0 Å². The van der Waals surface area contributed by atoms with Crippen molar-refractivity contribution in [1.82, 2.24) is 55.7 Å². The average Bonchev–Trinajstić information content (AvgIpc) is 4.10. The Bertz CT molecular complexity index is 2400. The second kappa shape index (κ2) is 16.6. The van der Waals surface area contributed by atoms with Gasteiger partial charge in [0.2, 0.25) is 11.8 Å². The van der Waals surface area contributed by atoms with Crippen molar-refractivity contribution in [3.05, 3.63) is 72.8 Å². The number of nitrogens with zero attached hydrogens (tertiary/aromatic N) is 6. The molecule has 0 radical (unpaired) electrons. The van der Waals surface area contributed by atoms with Crippen molar-refractivity contribution in [3.63, 3.8) is 0 Å². The third-order valence-corrected chi connectivity index (χ3v) is 11.9. The first-order valence-electron chi connectivity index (χ1n) is 20.6. The van der Waals surface area contributed by atoms with Gasteiger partial charge in [0.15, 0.2) is 0 Å². The Morgan fingerprint density at radius 2 is 1.15 bits per heavy atom. The summed E-state index contributed by atoms with van der Waals surface area (Å²) >= 11 is 0. The minimum Gasteiger partial charge on any atom is -0.453 e. The first-order valence-corrected chi connectivity index (χ1v) is 20.6. The Labute approximate surface area is 347 Å². The van der Waals surface area contributed by atoms with Crippen LogP contribution in [-0.2, 0) is 14.3 Å². The highest BCUT2D eigenvalue weighted by atomic mass is 16.5. The molecule has 312 valence electrons. The number of likely N-dealkylation sites (tertiary alicyclic amines) is 2. The van der Waals surface area contributed by atoms with Gasteiger partial charge in [-0.3, -0.25) is 19.6 Å². The van der Waals surface area contributed by atoms with E-state index in [2.05, 4.69) is 62.3 Å². The van der Waals surface area contributed by atoms with Gasteiger partial charge in [-0.25, -0.2) is 19.6 Å². The molecular weight excluding hydrogens is 763 g/mol. The summed E-state index contributed by atoms with van der Waals surface area (Å²) < 4.78 is 4.79. The topological polar surface area (TPSA) is 203 Å². The highest BCUT2D eigenvalue weighted by molar-refractivity contribution is 6.24. The van der Waals surface area contributed by atoms with E-state index in [1.807, 2.05) is 38.8 Å². The number of benzene rings is 3. The highest BCUT2D eigenvalue weighted by Crippen LogP contribution is 2.39. The Hall–Kier alpha value is -6.58. The number of ether oxygens (including phenoxy) is 1. The number of amides is 5. The number of aromatic nitrogens is 6. The second-order valence-corrected chi connectivity index (χ2v) is 16.3. The summed E-state index contributed by atoms with van der Waals surface area (Å²) in [4.78, 5) is 81.5. The van der Waals surface area contributed by atoms with Gasteiger partial charge in [0, 0.05) is 54.4 Å². The van der Waals surface area contributed by atoms with Gasteiger partial charge in [-0.05, 0) is 60.4 Å². The molecule has 2 saturated heterocycles. The van der Waals surface area contributed by atoms with Gasteiger partial charge < -0.3 is 40.5 Å². The predicted octanol–water partition coefficient (Wildman–Crippen LogP) is 6.38. The number of rotatable bonds is 10. The van der Waals surface area contributed by atoms with Crippen LogP contribution in [0.25, 0.3) is 55.1 Å². The van der Waals surface area contributed by atoms with Crippen molar-refractivity contribution in [2.24, 2.45) is 11.8 Å². The van der Waals surface area contributed by atoms with E-state index in [4.69, 9.17) is 24.7 Å². The molecule has 4 atom stereocenters. The molecule has 60 heavy (non-hydrogen) atoms. The van der Waals surface area contributed by atoms with Gasteiger partial charge in [0.1, 0.15) is 23.7 Å². The molecule has 8 rings (SSSR count). The zero-order valence-electron chi connectivity index (χ0n) is 34.7. The summed E-state index contributed by atoms with van der Waals surface area (Å²) in [5, 5.41) is 12.0. The van der Waals surface area contributed by atoms with E-state index in [1.54, 1.807) is 23.5 Å². The third-order valence-electron chi connectivity index (χ3n) is 11.9. The van der Waals surface area contributed by atoms with Crippen LogP contribution in [0.2, 0.25) is 0 Å². The van der Waals surface area contributed by atoms with Crippen LogP contribution in [0.3, 0.4) is 0 Å². The molecule has 16 nitrogen and oxygen atoms in total. The van der Waals surface area contributed by atoms with Gasteiger partial charge in [0.25, 0.3) is 0 Å². The summed E-state index contributed by atoms with van der Waals surface area (Å²) in [6, 6.07) is 10.3. The lowest BCUT2D eigenvalue weighted by Crippen LogP contribution is -2.53. The summed E-state index contributed by atoms with van der Waals surface area (Å²) in [5.74, 6) is 0.908. The van der Waals surface area contributed by atoms with E-state index in [-0.39, 0.29) is 41.8 Å². The fourth-order valence-electron chi connectivity index (χ4n) is 8.74. The predicted molar refractivity (Wildman–Crippen MR) is 227 cm³/mol. The molecule has 2 aliphatic rings. The number of aromatic amines is 2. The Morgan fingerprint density at radius 3 is 1.58 bits per heavy atom. The third kappa shape index (κ3) is 7.45. The number of carbonyl (C=O) groups is 4. The molecule has 3 aromatic carbocycles. The first kappa shape index (κ1) is 40.2. The molecule has 3 aromatic heterocycles. The SMILES string of the molecule is CNC(=O)NC(C(=O)N1CCCC1c1ncc(-c2ccc3c4ccc(-c5cnc(C6CCCN6C(=O)C(NC(=O)OC)C(C)C)[nH]5)cc4c4nccnc4c3c2)[nH]1)C(C)C. The minimum absolute atomic E-state index is 0.0887. The molecule has 2 aliphatic heterocycles. The molecule has 5 heterocycles. The van der Waals surface area contributed by atoms with Crippen LogP contribution in [0, 0.1) is 11.8 Å². The molecule has 2 fully saturated rings. The van der Waals surface area contributed by atoms with Crippen molar-refractivity contribution >= 4 is 56.5 Å². The number of carbonyl (C=O) groups excluding carboxylic acids is 4. The zero-order valence-corrected chi connectivity index (χ0v) is 34.7. The normalized spacial score (nSPS) is 17.8. The van der Waals surface area contributed by atoms with Crippen molar-refractivity contribution in [1.29, 1.82) is 0 Å². The van der Waals surface area contributed by atoms with Crippen LogP contribution in [0.4, 0.5) is 9.59 Å². The van der Waals surface area contributed by atoms with E-state index in [9.17, 15) is 19.2 Å². The molecule has 5 amide bonds. The smallest absolute Gasteiger partial charge is 0.407 e. The Kier molecular flexibility index (Phi) is 11.1. The first-order chi connectivity index (χ1) is 29.0. The lowest BCUT2D eigenvalue weighted by molar-refractivity contribution is -0.136. The van der Waals surface area contributed by atoms with Crippen LogP contribution < -0.4 is 16.0 Å². The number of urea groups is 1. The van der Waals surface area contributed by atoms with Gasteiger partial charge in [-0.2, -0.15) is 0 Å². The molecule has 0 spiro atoms. The summed E-state index contributed by atoms with van der Waals surface area (Å²) in [6.45, 7) is 8.81. The number of methoxy groups -OCH3 is 1. The maximum absolute atomic E-state index is 13.7.